The van der Waals surface area contributed by atoms with Gasteiger partial charge in [-0.3, -0.25) is 19.4 Å². The Morgan fingerprint density at radius 3 is 2.22 bits per heavy atom. The van der Waals surface area contributed by atoms with Crippen molar-refractivity contribution in [3.8, 4) is 11.5 Å². The van der Waals surface area contributed by atoms with Gasteiger partial charge >= 0.3 is 0 Å². The van der Waals surface area contributed by atoms with Crippen LogP contribution in [0, 0.1) is 5.92 Å². The number of carbonyl (C=O) groups excluding carboxylic acids is 2. The Hall–Kier alpha value is -4.41. The molecule has 2 amide bonds. The van der Waals surface area contributed by atoms with Crippen LogP contribution in [0.15, 0.2) is 60.7 Å². The molecule has 3 aliphatic rings. The van der Waals surface area contributed by atoms with Crippen molar-refractivity contribution in [1.82, 2.24) is 19.8 Å². The molecule has 0 bridgehead atoms. The summed E-state index contributed by atoms with van der Waals surface area (Å²) in [7, 11) is 3.23. The standard InChI is InChI=1S/C35H37ClN6O4/c1-45-30-18-28-29(19-31(30)46-2)38-35(39-32(28)37-24-11-9-23(36)10-12-24)40-16-13-25(14-17-40)41-15-5-6-22(20-41)21-42-33(43)26-7-3-4-8-27(26)34(42)44/h3-4,7-12,18-19,22,25H,5-6,13-17,20-21H2,1-2H3,(H,37,38,39). The SMILES string of the molecule is COc1cc2nc(N3CCC(N4CCCC(CN5C(=O)c6ccccc6C5=O)C4)CC3)nc(Nc3ccc(Cl)cc3)c2cc1OC. The molecule has 238 valence electrons. The van der Waals surface area contributed by atoms with Gasteiger partial charge in [0.25, 0.3) is 11.8 Å². The molecule has 4 aromatic rings. The minimum Gasteiger partial charge on any atom is -0.493 e. The average molecular weight is 641 g/mol. The fraction of sp³-hybridized carbons (Fsp3) is 0.371. The lowest BCUT2D eigenvalue weighted by Crippen LogP contribution is -2.50. The van der Waals surface area contributed by atoms with Gasteiger partial charge in [0.15, 0.2) is 11.5 Å². The lowest BCUT2D eigenvalue weighted by molar-refractivity contribution is 0.0547. The lowest BCUT2D eigenvalue weighted by atomic mass is 9.93. The van der Waals surface area contributed by atoms with Crippen LogP contribution in [0.3, 0.4) is 0 Å². The number of hydrogen-bond acceptors (Lipinski definition) is 9. The molecular formula is C35H37ClN6O4. The Balaban J connectivity index is 1.05. The number of rotatable bonds is 8. The van der Waals surface area contributed by atoms with Gasteiger partial charge in [-0.1, -0.05) is 23.7 Å². The number of piperidine rings is 2. The van der Waals surface area contributed by atoms with Crippen molar-refractivity contribution >= 4 is 51.8 Å². The van der Waals surface area contributed by atoms with Gasteiger partial charge < -0.3 is 19.7 Å². The number of hydrogen-bond donors (Lipinski definition) is 1. The van der Waals surface area contributed by atoms with Gasteiger partial charge in [-0.25, -0.2) is 4.98 Å². The summed E-state index contributed by atoms with van der Waals surface area (Å²) >= 11 is 6.13. The Kier molecular flexibility index (Phi) is 8.40. The van der Waals surface area contributed by atoms with E-state index >= 15 is 0 Å². The van der Waals surface area contributed by atoms with Gasteiger partial charge in [-0.2, -0.15) is 4.98 Å². The molecule has 2 saturated heterocycles. The summed E-state index contributed by atoms with van der Waals surface area (Å²) < 4.78 is 11.2. The second kappa shape index (κ2) is 12.8. The van der Waals surface area contributed by atoms with E-state index < -0.39 is 0 Å². The van der Waals surface area contributed by atoms with E-state index in [-0.39, 0.29) is 17.7 Å². The first kappa shape index (κ1) is 30.3. The van der Waals surface area contributed by atoms with E-state index in [2.05, 4.69) is 15.1 Å². The smallest absolute Gasteiger partial charge is 0.261 e. The first-order valence-corrected chi connectivity index (χ1v) is 16.2. The zero-order valence-electron chi connectivity index (χ0n) is 26.0. The molecule has 0 saturated carbocycles. The van der Waals surface area contributed by atoms with Gasteiger partial charge in [0.2, 0.25) is 5.95 Å². The maximum atomic E-state index is 13.0. The molecule has 11 heteroatoms. The average Bonchev–Trinajstić information content (AvgIpc) is 3.33. The molecule has 7 rings (SSSR count). The molecule has 1 atom stereocenters. The number of aromatic nitrogens is 2. The van der Waals surface area contributed by atoms with Crippen molar-refractivity contribution in [3.05, 3.63) is 76.8 Å². The van der Waals surface area contributed by atoms with Crippen LogP contribution in [-0.2, 0) is 0 Å². The van der Waals surface area contributed by atoms with Crippen LogP contribution < -0.4 is 19.7 Å². The first-order valence-electron chi connectivity index (χ1n) is 15.8. The third kappa shape index (κ3) is 5.83. The van der Waals surface area contributed by atoms with Crippen LogP contribution in [0.2, 0.25) is 5.02 Å². The maximum Gasteiger partial charge on any atom is 0.261 e. The number of anilines is 3. The molecular weight excluding hydrogens is 604 g/mol. The molecule has 1 aromatic heterocycles. The highest BCUT2D eigenvalue weighted by Crippen LogP contribution is 2.37. The van der Waals surface area contributed by atoms with E-state index in [9.17, 15) is 9.59 Å². The van der Waals surface area contributed by atoms with Crippen molar-refractivity contribution in [2.24, 2.45) is 5.92 Å². The Bertz CT molecular complexity index is 1740. The minimum atomic E-state index is -0.164. The normalized spacial score (nSPS) is 19.1. The van der Waals surface area contributed by atoms with Crippen LogP contribution in [0.5, 0.6) is 11.5 Å². The molecule has 10 nitrogen and oxygen atoms in total. The molecule has 1 N–H and O–H groups in total. The van der Waals surface area contributed by atoms with Gasteiger partial charge in [-0.15, -0.1) is 0 Å². The number of methoxy groups -OCH3 is 2. The topological polar surface area (TPSA) is 100 Å². The van der Waals surface area contributed by atoms with Crippen LogP contribution in [0.4, 0.5) is 17.5 Å². The van der Waals surface area contributed by atoms with Crippen molar-refractivity contribution in [2.75, 3.05) is 57.2 Å². The monoisotopic (exact) mass is 640 g/mol. The van der Waals surface area contributed by atoms with Gasteiger partial charge in [0.1, 0.15) is 5.82 Å². The van der Waals surface area contributed by atoms with Crippen molar-refractivity contribution < 1.29 is 19.1 Å². The Morgan fingerprint density at radius 2 is 1.54 bits per heavy atom. The molecule has 0 radical (unpaired) electrons. The second-order valence-corrected chi connectivity index (χ2v) is 12.7. The number of benzene rings is 3. The fourth-order valence-electron chi connectivity index (χ4n) is 7.02. The van der Waals surface area contributed by atoms with Gasteiger partial charge in [-0.05, 0) is 80.6 Å². The number of fused-ring (bicyclic) bond motifs is 2. The third-order valence-electron chi connectivity index (χ3n) is 9.43. The number of nitrogens with zero attached hydrogens (tertiary/aromatic N) is 5. The predicted octanol–water partition coefficient (Wildman–Crippen LogP) is 6.02. The zero-order valence-corrected chi connectivity index (χ0v) is 26.8. The number of imide groups is 1. The van der Waals surface area contributed by atoms with Gasteiger partial charge in [0, 0.05) is 54.4 Å². The first-order chi connectivity index (χ1) is 22.4. The summed E-state index contributed by atoms with van der Waals surface area (Å²) in [5.74, 6) is 2.50. The predicted molar refractivity (Wildman–Crippen MR) is 179 cm³/mol. The molecule has 2 fully saturated rings. The third-order valence-corrected chi connectivity index (χ3v) is 9.68. The van der Waals surface area contributed by atoms with Crippen LogP contribution >= 0.6 is 11.6 Å². The summed E-state index contributed by atoms with van der Waals surface area (Å²) in [5.41, 5.74) is 2.66. The summed E-state index contributed by atoms with van der Waals surface area (Å²) in [6.45, 7) is 4.05. The number of carbonyl (C=O) groups is 2. The quantitative estimate of drug-likeness (QED) is 0.232. The summed E-state index contributed by atoms with van der Waals surface area (Å²) in [6, 6.07) is 18.9. The van der Waals surface area contributed by atoms with Crippen molar-refractivity contribution in [2.45, 2.75) is 31.7 Å². The molecule has 3 aromatic carbocycles. The highest BCUT2D eigenvalue weighted by Gasteiger charge is 2.38. The molecule has 3 aliphatic heterocycles. The molecule has 0 spiro atoms. The van der Waals surface area contributed by atoms with Crippen LogP contribution in [-0.4, -0.2) is 84.6 Å². The highest BCUT2D eigenvalue weighted by atomic mass is 35.5. The van der Waals surface area contributed by atoms with Crippen LogP contribution in [0.1, 0.15) is 46.4 Å². The number of amides is 2. The lowest BCUT2D eigenvalue weighted by Gasteiger charge is -2.42. The number of ether oxygens (including phenoxy) is 2. The maximum absolute atomic E-state index is 13.0. The summed E-state index contributed by atoms with van der Waals surface area (Å²) in [5, 5.41) is 4.94. The van der Waals surface area contributed by atoms with E-state index in [1.807, 2.05) is 48.5 Å². The fourth-order valence-corrected chi connectivity index (χ4v) is 7.15. The van der Waals surface area contributed by atoms with E-state index in [4.69, 9.17) is 31.0 Å². The van der Waals surface area contributed by atoms with E-state index in [1.54, 1.807) is 26.4 Å². The second-order valence-electron chi connectivity index (χ2n) is 12.2. The minimum absolute atomic E-state index is 0.164. The Labute approximate surface area is 273 Å². The number of nitrogens with one attached hydrogen (secondary N) is 1. The highest BCUT2D eigenvalue weighted by molar-refractivity contribution is 6.30. The zero-order chi connectivity index (χ0) is 31.8. The van der Waals surface area contributed by atoms with E-state index in [1.165, 1.54) is 4.90 Å². The molecule has 1 unspecified atom stereocenters. The number of halogens is 1. The van der Waals surface area contributed by atoms with Gasteiger partial charge in [0.05, 0.1) is 30.9 Å². The number of likely N-dealkylation sites (tertiary alicyclic amines) is 1. The Morgan fingerprint density at radius 1 is 0.870 bits per heavy atom. The molecule has 0 aliphatic carbocycles. The largest absolute Gasteiger partial charge is 0.493 e. The van der Waals surface area contributed by atoms with E-state index in [0.717, 1.165) is 68.5 Å². The summed E-state index contributed by atoms with van der Waals surface area (Å²) in [6.07, 6.45) is 4.04. The van der Waals surface area contributed by atoms with Crippen LogP contribution in [0.25, 0.3) is 10.9 Å². The van der Waals surface area contributed by atoms with Crippen molar-refractivity contribution in [1.29, 1.82) is 0 Å². The summed E-state index contributed by atoms with van der Waals surface area (Å²) in [4.78, 5) is 42.2. The van der Waals surface area contributed by atoms with E-state index in [0.29, 0.717) is 52.0 Å². The molecule has 46 heavy (non-hydrogen) atoms. The molecule has 4 heterocycles. The van der Waals surface area contributed by atoms with Crippen molar-refractivity contribution in [3.63, 3.8) is 0 Å².